The minimum absolute atomic E-state index is 0.0277. The van der Waals surface area contributed by atoms with Crippen molar-refractivity contribution >= 4 is 6.03 Å². The van der Waals surface area contributed by atoms with E-state index in [1.807, 2.05) is 30.1 Å². The minimum Gasteiger partial charge on any atom is -0.336 e. The second-order valence-electron chi connectivity index (χ2n) is 4.77. The molecule has 2 amide bonds. The van der Waals surface area contributed by atoms with Crippen LogP contribution in [0.3, 0.4) is 0 Å². The monoisotopic (exact) mass is 258 g/mol. The third-order valence-electron chi connectivity index (χ3n) is 3.21. The summed E-state index contributed by atoms with van der Waals surface area (Å²) in [4.78, 5) is 15.4. The SMILES string of the molecule is CN(CCN1CCNC1=O)Cc1cccc(C#N)c1. The molecular formula is C14H18N4O. The molecule has 0 saturated carbocycles. The van der Waals surface area contributed by atoms with Crippen LogP contribution < -0.4 is 5.32 Å². The van der Waals surface area contributed by atoms with Gasteiger partial charge in [-0.1, -0.05) is 12.1 Å². The highest BCUT2D eigenvalue weighted by Crippen LogP contribution is 2.07. The summed E-state index contributed by atoms with van der Waals surface area (Å²) >= 11 is 0. The van der Waals surface area contributed by atoms with Gasteiger partial charge in [-0.2, -0.15) is 5.26 Å². The molecule has 100 valence electrons. The summed E-state index contributed by atoms with van der Waals surface area (Å²) < 4.78 is 0. The van der Waals surface area contributed by atoms with Gasteiger partial charge < -0.3 is 15.1 Å². The fourth-order valence-corrected chi connectivity index (χ4v) is 2.15. The molecule has 19 heavy (non-hydrogen) atoms. The molecule has 1 saturated heterocycles. The Balaban J connectivity index is 1.82. The predicted molar refractivity (Wildman–Crippen MR) is 72.5 cm³/mol. The maximum absolute atomic E-state index is 11.4. The molecule has 5 heteroatoms. The zero-order chi connectivity index (χ0) is 13.7. The quantitative estimate of drug-likeness (QED) is 0.857. The zero-order valence-corrected chi connectivity index (χ0v) is 11.1. The van der Waals surface area contributed by atoms with Crippen molar-refractivity contribution in [1.29, 1.82) is 5.26 Å². The van der Waals surface area contributed by atoms with Crippen molar-refractivity contribution in [3.8, 4) is 6.07 Å². The molecule has 0 unspecified atom stereocenters. The van der Waals surface area contributed by atoms with Crippen molar-refractivity contribution in [2.24, 2.45) is 0 Å². The fourth-order valence-electron chi connectivity index (χ4n) is 2.15. The van der Waals surface area contributed by atoms with E-state index in [1.165, 1.54) is 0 Å². The Morgan fingerprint density at radius 1 is 1.53 bits per heavy atom. The Labute approximate surface area is 113 Å². The van der Waals surface area contributed by atoms with Crippen LogP contribution >= 0.6 is 0 Å². The van der Waals surface area contributed by atoms with Crippen molar-refractivity contribution in [2.45, 2.75) is 6.54 Å². The van der Waals surface area contributed by atoms with E-state index in [0.717, 1.165) is 38.3 Å². The number of carbonyl (C=O) groups is 1. The van der Waals surface area contributed by atoms with Gasteiger partial charge in [0.25, 0.3) is 0 Å². The number of benzene rings is 1. The van der Waals surface area contributed by atoms with Gasteiger partial charge in [0, 0.05) is 32.7 Å². The number of amides is 2. The molecule has 1 N–H and O–H groups in total. The average Bonchev–Trinajstić information content (AvgIpc) is 2.82. The Hall–Kier alpha value is -2.06. The lowest BCUT2D eigenvalue weighted by Crippen LogP contribution is -2.35. The number of hydrogen-bond acceptors (Lipinski definition) is 3. The number of carbonyl (C=O) groups excluding carboxylic acids is 1. The maximum atomic E-state index is 11.4. The van der Waals surface area contributed by atoms with Gasteiger partial charge >= 0.3 is 6.03 Å². The van der Waals surface area contributed by atoms with E-state index in [1.54, 1.807) is 6.07 Å². The number of rotatable bonds is 5. The third kappa shape index (κ3) is 3.70. The Morgan fingerprint density at radius 2 is 2.37 bits per heavy atom. The van der Waals surface area contributed by atoms with Crippen LogP contribution in [-0.4, -0.2) is 49.1 Å². The zero-order valence-electron chi connectivity index (χ0n) is 11.1. The fraction of sp³-hybridized carbons (Fsp3) is 0.429. The maximum Gasteiger partial charge on any atom is 0.317 e. The number of nitriles is 1. The highest BCUT2D eigenvalue weighted by molar-refractivity contribution is 5.76. The first-order valence-corrected chi connectivity index (χ1v) is 6.39. The lowest BCUT2D eigenvalue weighted by Gasteiger charge is -2.21. The molecule has 5 nitrogen and oxygen atoms in total. The van der Waals surface area contributed by atoms with Crippen LogP contribution in [0.5, 0.6) is 0 Å². The molecule has 0 spiro atoms. The van der Waals surface area contributed by atoms with E-state index >= 15 is 0 Å². The molecule has 1 aromatic carbocycles. The van der Waals surface area contributed by atoms with Gasteiger partial charge in [-0.15, -0.1) is 0 Å². The molecule has 1 fully saturated rings. The Bertz CT molecular complexity index is 494. The molecule has 1 aliphatic heterocycles. The van der Waals surface area contributed by atoms with E-state index in [2.05, 4.69) is 16.3 Å². The first kappa shape index (κ1) is 13.4. The summed E-state index contributed by atoms with van der Waals surface area (Å²) in [6.07, 6.45) is 0. The van der Waals surface area contributed by atoms with Crippen molar-refractivity contribution < 1.29 is 4.79 Å². The van der Waals surface area contributed by atoms with Crippen LogP contribution in [0.1, 0.15) is 11.1 Å². The average molecular weight is 258 g/mol. The lowest BCUT2D eigenvalue weighted by atomic mass is 10.1. The van der Waals surface area contributed by atoms with E-state index in [4.69, 9.17) is 5.26 Å². The van der Waals surface area contributed by atoms with Crippen LogP contribution in [0.15, 0.2) is 24.3 Å². The van der Waals surface area contributed by atoms with Crippen LogP contribution in [0.25, 0.3) is 0 Å². The van der Waals surface area contributed by atoms with Gasteiger partial charge in [-0.3, -0.25) is 0 Å². The third-order valence-corrected chi connectivity index (χ3v) is 3.21. The van der Waals surface area contributed by atoms with Crippen molar-refractivity contribution in [2.75, 3.05) is 33.2 Å². The summed E-state index contributed by atoms with van der Waals surface area (Å²) in [5.74, 6) is 0. The van der Waals surface area contributed by atoms with Crippen molar-refractivity contribution in [3.05, 3.63) is 35.4 Å². The molecule has 1 heterocycles. The first-order valence-electron chi connectivity index (χ1n) is 6.39. The molecule has 2 rings (SSSR count). The molecule has 0 atom stereocenters. The van der Waals surface area contributed by atoms with Crippen LogP contribution in [0, 0.1) is 11.3 Å². The van der Waals surface area contributed by atoms with Crippen LogP contribution in [-0.2, 0) is 6.54 Å². The Kier molecular flexibility index (Phi) is 4.37. The summed E-state index contributed by atoms with van der Waals surface area (Å²) in [5.41, 5.74) is 1.80. The van der Waals surface area contributed by atoms with Crippen molar-refractivity contribution in [1.82, 2.24) is 15.1 Å². The molecule has 1 aliphatic rings. The van der Waals surface area contributed by atoms with E-state index in [0.29, 0.717) is 5.56 Å². The molecular weight excluding hydrogens is 240 g/mol. The molecule has 0 aromatic heterocycles. The first-order chi connectivity index (χ1) is 9.19. The van der Waals surface area contributed by atoms with Crippen LogP contribution in [0.2, 0.25) is 0 Å². The van der Waals surface area contributed by atoms with Gasteiger partial charge in [-0.25, -0.2) is 4.79 Å². The predicted octanol–water partition coefficient (Wildman–Crippen LogP) is 1.02. The van der Waals surface area contributed by atoms with Crippen molar-refractivity contribution in [3.63, 3.8) is 0 Å². The summed E-state index contributed by atoms with van der Waals surface area (Å²) in [5, 5.41) is 11.6. The standard InChI is InChI=1S/C14H18N4O/c1-17(7-8-18-6-5-16-14(18)19)11-13-4-2-3-12(9-13)10-15/h2-4,9H,5-8,11H2,1H3,(H,16,19). The smallest absolute Gasteiger partial charge is 0.317 e. The highest BCUT2D eigenvalue weighted by Gasteiger charge is 2.18. The summed E-state index contributed by atoms with van der Waals surface area (Å²) in [6, 6.07) is 9.79. The normalized spacial score (nSPS) is 14.6. The lowest BCUT2D eigenvalue weighted by molar-refractivity contribution is 0.207. The van der Waals surface area contributed by atoms with Gasteiger partial charge in [0.2, 0.25) is 0 Å². The summed E-state index contributed by atoms with van der Waals surface area (Å²) in [7, 11) is 2.02. The van der Waals surface area contributed by atoms with E-state index < -0.39 is 0 Å². The number of nitrogens with zero attached hydrogens (tertiary/aromatic N) is 3. The number of urea groups is 1. The molecule has 0 bridgehead atoms. The van der Waals surface area contributed by atoms with E-state index in [9.17, 15) is 4.79 Å². The molecule has 0 aliphatic carbocycles. The molecule has 0 radical (unpaired) electrons. The Morgan fingerprint density at radius 3 is 3.05 bits per heavy atom. The number of likely N-dealkylation sites (N-methyl/N-ethyl adjacent to an activating group) is 1. The second kappa shape index (κ2) is 6.21. The largest absolute Gasteiger partial charge is 0.336 e. The highest BCUT2D eigenvalue weighted by atomic mass is 16.2. The van der Waals surface area contributed by atoms with Gasteiger partial charge in [-0.05, 0) is 24.7 Å². The summed E-state index contributed by atoms with van der Waals surface area (Å²) in [6.45, 7) is 3.87. The van der Waals surface area contributed by atoms with E-state index in [-0.39, 0.29) is 6.03 Å². The topological polar surface area (TPSA) is 59.4 Å². The van der Waals surface area contributed by atoms with Gasteiger partial charge in [0.05, 0.1) is 11.6 Å². The number of nitrogens with one attached hydrogen (secondary N) is 1. The molecule has 1 aromatic rings. The second-order valence-corrected chi connectivity index (χ2v) is 4.77. The van der Waals surface area contributed by atoms with Crippen LogP contribution in [0.4, 0.5) is 4.79 Å². The number of hydrogen-bond donors (Lipinski definition) is 1. The van der Waals surface area contributed by atoms with Gasteiger partial charge in [0.15, 0.2) is 0 Å². The van der Waals surface area contributed by atoms with Gasteiger partial charge in [0.1, 0.15) is 0 Å². The minimum atomic E-state index is 0.0277.